The summed E-state index contributed by atoms with van der Waals surface area (Å²) in [6, 6.07) is 5.90. The highest BCUT2D eigenvalue weighted by atomic mass is 79.9. The molecule has 0 amide bonds. The number of carbonyl (C=O) groups is 1. The van der Waals surface area contributed by atoms with Crippen molar-refractivity contribution in [3.63, 3.8) is 0 Å². The molecular formula is C13H9BrClFN2O2. The molecule has 0 saturated carbocycles. The van der Waals surface area contributed by atoms with Crippen LogP contribution in [0.5, 0.6) is 0 Å². The predicted octanol–water partition coefficient (Wildman–Crippen LogP) is 4.39. The van der Waals surface area contributed by atoms with E-state index in [9.17, 15) is 9.18 Å². The van der Waals surface area contributed by atoms with Gasteiger partial charge < -0.3 is 10.4 Å². The van der Waals surface area contributed by atoms with E-state index in [0.717, 1.165) is 0 Å². The van der Waals surface area contributed by atoms with Gasteiger partial charge in [0.2, 0.25) is 0 Å². The fourth-order valence-corrected chi connectivity index (χ4v) is 2.11. The number of nitrogens with one attached hydrogen (secondary N) is 1. The lowest BCUT2D eigenvalue weighted by molar-refractivity contribution is 0.0691. The molecule has 2 aromatic rings. The number of anilines is 2. The molecule has 0 aliphatic rings. The summed E-state index contributed by atoms with van der Waals surface area (Å²) in [7, 11) is 0. The molecule has 0 radical (unpaired) electrons. The molecule has 0 aliphatic heterocycles. The topological polar surface area (TPSA) is 62.2 Å². The van der Waals surface area contributed by atoms with Crippen LogP contribution in [0.3, 0.4) is 0 Å². The van der Waals surface area contributed by atoms with E-state index in [4.69, 9.17) is 16.7 Å². The molecule has 1 aromatic carbocycles. The largest absolute Gasteiger partial charge is 0.476 e. The minimum atomic E-state index is -1.21. The second-order valence-electron chi connectivity index (χ2n) is 4.04. The molecule has 0 bridgehead atoms. The van der Waals surface area contributed by atoms with E-state index >= 15 is 0 Å². The second kappa shape index (κ2) is 5.76. The number of nitrogens with zero attached hydrogens (tertiary/aromatic N) is 1. The number of halogens is 3. The molecule has 0 aliphatic carbocycles. The second-order valence-corrected chi connectivity index (χ2v) is 5.30. The summed E-state index contributed by atoms with van der Waals surface area (Å²) in [6.07, 6.45) is 0. The first-order valence-corrected chi connectivity index (χ1v) is 6.68. The Balaban J connectivity index is 2.38. The molecule has 0 spiro atoms. The monoisotopic (exact) mass is 358 g/mol. The Labute approximate surface area is 127 Å². The number of hydrogen-bond donors (Lipinski definition) is 2. The molecule has 1 heterocycles. The Bertz CT molecular complexity index is 694. The Morgan fingerprint density at radius 1 is 1.45 bits per heavy atom. The molecule has 0 fully saturated rings. The van der Waals surface area contributed by atoms with Crippen LogP contribution >= 0.6 is 27.5 Å². The van der Waals surface area contributed by atoms with E-state index < -0.39 is 5.97 Å². The molecule has 20 heavy (non-hydrogen) atoms. The van der Waals surface area contributed by atoms with Crippen LogP contribution in [0.4, 0.5) is 15.9 Å². The maximum absolute atomic E-state index is 13.3. The third kappa shape index (κ3) is 3.08. The van der Waals surface area contributed by atoms with Crippen LogP contribution in [0.15, 0.2) is 28.7 Å². The van der Waals surface area contributed by atoms with Crippen molar-refractivity contribution in [2.45, 2.75) is 6.92 Å². The van der Waals surface area contributed by atoms with Crippen LogP contribution in [0.1, 0.15) is 16.1 Å². The summed E-state index contributed by atoms with van der Waals surface area (Å²) in [5, 5.41) is 11.9. The molecule has 0 saturated heterocycles. The Morgan fingerprint density at radius 3 is 2.80 bits per heavy atom. The highest BCUT2D eigenvalue weighted by Crippen LogP contribution is 2.27. The van der Waals surface area contributed by atoms with Gasteiger partial charge in [0, 0.05) is 5.69 Å². The van der Waals surface area contributed by atoms with Gasteiger partial charge in [0.1, 0.15) is 11.6 Å². The van der Waals surface area contributed by atoms with Crippen LogP contribution in [-0.2, 0) is 0 Å². The number of carboxylic acid groups (broad SMARTS) is 1. The van der Waals surface area contributed by atoms with Gasteiger partial charge in [-0.3, -0.25) is 0 Å². The van der Waals surface area contributed by atoms with Crippen molar-refractivity contribution in [1.82, 2.24) is 4.98 Å². The number of aryl methyl sites for hydroxylation is 1. The molecule has 104 valence electrons. The van der Waals surface area contributed by atoms with Crippen LogP contribution in [-0.4, -0.2) is 16.1 Å². The predicted molar refractivity (Wildman–Crippen MR) is 78.3 cm³/mol. The van der Waals surface area contributed by atoms with Crippen molar-refractivity contribution >= 4 is 45.0 Å². The minimum absolute atomic E-state index is 0.0556. The van der Waals surface area contributed by atoms with Crippen molar-refractivity contribution in [3.8, 4) is 0 Å². The maximum Gasteiger partial charge on any atom is 0.356 e. The fraction of sp³-hybridized carbons (Fsp3) is 0.0769. The molecule has 2 N–H and O–H groups in total. The molecule has 0 atom stereocenters. The first-order valence-electron chi connectivity index (χ1n) is 5.51. The van der Waals surface area contributed by atoms with Crippen molar-refractivity contribution in [2.24, 2.45) is 0 Å². The lowest BCUT2D eigenvalue weighted by Crippen LogP contribution is -2.04. The summed E-state index contributed by atoms with van der Waals surface area (Å²) >= 11 is 8.84. The van der Waals surface area contributed by atoms with Crippen molar-refractivity contribution in [1.29, 1.82) is 0 Å². The Kier molecular flexibility index (Phi) is 4.25. The quantitative estimate of drug-likeness (QED) is 0.853. The zero-order chi connectivity index (χ0) is 14.9. The van der Waals surface area contributed by atoms with E-state index in [1.165, 1.54) is 12.1 Å². The number of carboxylic acids is 1. The lowest BCUT2D eigenvalue weighted by Gasteiger charge is -2.11. The standard InChI is InChI=1S/C13H9BrClFN2O2/c1-6-4-9(16)7(14)5-10(6)17-11-3-2-8(15)12(18-11)13(19)20/h2-5H,1H3,(H,17,18)(H,19,20). The number of hydrogen-bond acceptors (Lipinski definition) is 3. The lowest BCUT2D eigenvalue weighted by atomic mass is 10.2. The van der Waals surface area contributed by atoms with Crippen LogP contribution in [0.25, 0.3) is 0 Å². The number of rotatable bonds is 3. The Morgan fingerprint density at radius 2 is 2.15 bits per heavy atom. The van der Waals surface area contributed by atoms with Crippen LogP contribution in [0, 0.1) is 12.7 Å². The van der Waals surface area contributed by atoms with Gasteiger partial charge in [0.15, 0.2) is 5.69 Å². The fourth-order valence-electron chi connectivity index (χ4n) is 1.58. The third-order valence-electron chi connectivity index (χ3n) is 2.58. The highest BCUT2D eigenvalue weighted by Gasteiger charge is 2.12. The summed E-state index contributed by atoms with van der Waals surface area (Å²) in [4.78, 5) is 14.9. The summed E-state index contributed by atoms with van der Waals surface area (Å²) in [5.41, 5.74) is 1.04. The van der Waals surface area contributed by atoms with E-state index in [1.54, 1.807) is 19.1 Å². The molecule has 7 heteroatoms. The van der Waals surface area contributed by atoms with Crippen LogP contribution < -0.4 is 5.32 Å². The van der Waals surface area contributed by atoms with Crippen molar-refractivity contribution < 1.29 is 14.3 Å². The summed E-state index contributed by atoms with van der Waals surface area (Å²) in [6.45, 7) is 1.73. The highest BCUT2D eigenvalue weighted by molar-refractivity contribution is 9.10. The first kappa shape index (κ1) is 14.7. The maximum atomic E-state index is 13.3. The molecule has 0 unspecified atom stereocenters. The van der Waals surface area contributed by atoms with Gasteiger partial charge in [-0.2, -0.15) is 0 Å². The number of aromatic nitrogens is 1. The normalized spacial score (nSPS) is 10.4. The van der Waals surface area contributed by atoms with Crippen molar-refractivity contribution in [2.75, 3.05) is 5.32 Å². The SMILES string of the molecule is Cc1cc(F)c(Br)cc1Nc1ccc(Cl)c(C(=O)O)n1. The molecule has 4 nitrogen and oxygen atoms in total. The number of benzene rings is 1. The van der Waals surface area contributed by atoms with E-state index in [-0.39, 0.29) is 16.5 Å². The number of pyridine rings is 1. The van der Waals surface area contributed by atoms with Crippen LogP contribution in [0.2, 0.25) is 5.02 Å². The van der Waals surface area contributed by atoms with Gasteiger partial charge in [0.25, 0.3) is 0 Å². The summed E-state index contributed by atoms with van der Waals surface area (Å²) < 4.78 is 13.6. The van der Waals surface area contributed by atoms with E-state index in [2.05, 4.69) is 26.2 Å². The average molecular weight is 360 g/mol. The summed E-state index contributed by atoms with van der Waals surface area (Å²) in [5.74, 6) is -1.27. The average Bonchev–Trinajstić information content (AvgIpc) is 2.37. The van der Waals surface area contributed by atoms with E-state index in [0.29, 0.717) is 21.5 Å². The zero-order valence-corrected chi connectivity index (χ0v) is 12.6. The zero-order valence-electron chi connectivity index (χ0n) is 10.2. The first-order chi connectivity index (χ1) is 9.38. The third-order valence-corrected chi connectivity index (χ3v) is 3.49. The molecular weight excluding hydrogens is 351 g/mol. The van der Waals surface area contributed by atoms with Crippen molar-refractivity contribution in [3.05, 3.63) is 50.8 Å². The van der Waals surface area contributed by atoms with Gasteiger partial charge in [-0.05, 0) is 52.7 Å². The van der Waals surface area contributed by atoms with Gasteiger partial charge in [0.05, 0.1) is 9.50 Å². The van der Waals surface area contributed by atoms with E-state index in [1.807, 2.05) is 0 Å². The molecule has 1 aromatic heterocycles. The van der Waals surface area contributed by atoms with Gasteiger partial charge in [-0.15, -0.1) is 0 Å². The number of aromatic carboxylic acids is 1. The minimum Gasteiger partial charge on any atom is -0.476 e. The van der Waals surface area contributed by atoms with Gasteiger partial charge >= 0.3 is 5.97 Å². The van der Waals surface area contributed by atoms with Gasteiger partial charge in [-0.1, -0.05) is 11.6 Å². The van der Waals surface area contributed by atoms with Gasteiger partial charge in [-0.25, -0.2) is 14.2 Å². The molecule has 2 rings (SSSR count). The Hall–Kier alpha value is -1.66. The smallest absolute Gasteiger partial charge is 0.356 e.